The molecule has 1 heteroatoms. The lowest BCUT2D eigenvalue weighted by atomic mass is 9.97. The average Bonchev–Trinajstić information content (AvgIpc) is 2.05. The lowest BCUT2D eigenvalue weighted by molar-refractivity contribution is 0.278. The van der Waals surface area contributed by atoms with E-state index in [1.807, 2.05) is 0 Å². The molecule has 0 saturated heterocycles. The van der Waals surface area contributed by atoms with Crippen molar-refractivity contribution < 1.29 is 5.11 Å². The van der Waals surface area contributed by atoms with Gasteiger partial charge in [-0.2, -0.15) is 0 Å². The Bertz CT molecular complexity index is 243. The molecule has 0 amide bonds. The van der Waals surface area contributed by atoms with E-state index in [2.05, 4.69) is 38.1 Å². The minimum atomic E-state index is 0.273. The van der Waals surface area contributed by atoms with Gasteiger partial charge in [0.25, 0.3) is 0 Å². The van der Waals surface area contributed by atoms with Gasteiger partial charge in [-0.05, 0) is 24.8 Å². The molecule has 66 valence electrons. The molecule has 0 unspecified atom stereocenters. The molecule has 1 atom stereocenters. The Morgan fingerprint density at radius 1 is 1.42 bits per heavy atom. The van der Waals surface area contributed by atoms with Crippen molar-refractivity contribution in [1.29, 1.82) is 0 Å². The molecule has 0 radical (unpaired) electrons. The number of hydrogen-bond donors (Lipinski definition) is 1. The van der Waals surface area contributed by atoms with Gasteiger partial charge in [-0.3, -0.25) is 0 Å². The smallest absolute Gasteiger partial charge is 0.0436 e. The molecule has 1 nitrogen and oxygen atoms in total. The standard InChI is InChI=1S/C11H16O/c1-9-4-3-5-11(8-9)10(2)6-7-12/h3-5,8,10,12H,6-7H2,1-2H3/t10-/m0/s1. The highest BCUT2D eigenvalue weighted by Gasteiger charge is 2.03. The Balaban J connectivity index is 2.73. The number of aliphatic hydroxyl groups is 1. The quantitative estimate of drug-likeness (QED) is 0.727. The third kappa shape index (κ3) is 2.35. The number of rotatable bonds is 3. The minimum absolute atomic E-state index is 0.273. The fourth-order valence-electron chi connectivity index (χ4n) is 1.34. The van der Waals surface area contributed by atoms with Crippen molar-refractivity contribution in [2.75, 3.05) is 6.61 Å². The summed E-state index contributed by atoms with van der Waals surface area (Å²) >= 11 is 0. The average molecular weight is 164 g/mol. The van der Waals surface area contributed by atoms with Crippen molar-refractivity contribution >= 4 is 0 Å². The molecule has 0 saturated carbocycles. The Morgan fingerprint density at radius 3 is 2.75 bits per heavy atom. The minimum Gasteiger partial charge on any atom is -0.396 e. The summed E-state index contributed by atoms with van der Waals surface area (Å²) in [6.07, 6.45) is 0.851. The van der Waals surface area contributed by atoms with Crippen LogP contribution in [0.5, 0.6) is 0 Å². The third-order valence-electron chi connectivity index (χ3n) is 2.17. The zero-order valence-corrected chi connectivity index (χ0v) is 7.75. The third-order valence-corrected chi connectivity index (χ3v) is 2.17. The lowest BCUT2D eigenvalue weighted by Crippen LogP contribution is -1.96. The maximum absolute atomic E-state index is 8.77. The zero-order chi connectivity index (χ0) is 8.97. The highest BCUT2D eigenvalue weighted by atomic mass is 16.3. The Hall–Kier alpha value is -0.820. The van der Waals surface area contributed by atoms with E-state index >= 15 is 0 Å². The van der Waals surface area contributed by atoms with Crippen LogP contribution in [0, 0.1) is 6.92 Å². The number of benzene rings is 1. The van der Waals surface area contributed by atoms with Gasteiger partial charge in [-0.1, -0.05) is 36.8 Å². The van der Waals surface area contributed by atoms with E-state index in [9.17, 15) is 0 Å². The van der Waals surface area contributed by atoms with Crippen LogP contribution >= 0.6 is 0 Å². The fourth-order valence-corrected chi connectivity index (χ4v) is 1.34. The predicted octanol–water partition coefficient (Wildman–Crippen LogP) is 2.48. The van der Waals surface area contributed by atoms with E-state index in [0.717, 1.165) is 6.42 Å². The molecule has 1 aromatic rings. The van der Waals surface area contributed by atoms with Crippen molar-refractivity contribution in [2.24, 2.45) is 0 Å². The van der Waals surface area contributed by atoms with Crippen molar-refractivity contribution in [3.63, 3.8) is 0 Å². The van der Waals surface area contributed by atoms with Crippen molar-refractivity contribution in [1.82, 2.24) is 0 Å². The molecule has 0 heterocycles. The summed E-state index contributed by atoms with van der Waals surface area (Å²) in [4.78, 5) is 0. The van der Waals surface area contributed by atoms with Gasteiger partial charge < -0.3 is 5.11 Å². The topological polar surface area (TPSA) is 20.2 Å². The molecule has 0 spiro atoms. The summed E-state index contributed by atoms with van der Waals surface area (Å²) in [5.74, 6) is 0.467. The molecule has 0 aromatic heterocycles. The number of aryl methyl sites for hydroxylation is 1. The second-order valence-electron chi connectivity index (χ2n) is 3.33. The largest absolute Gasteiger partial charge is 0.396 e. The van der Waals surface area contributed by atoms with Crippen LogP contribution in [0.15, 0.2) is 24.3 Å². The zero-order valence-electron chi connectivity index (χ0n) is 7.75. The summed E-state index contributed by atoms with van der Waals surface area (Å²) in [7, 11) is 0. The van der Waals surface area contributed by atoms with Crippen LogP contribution in [0.2, 0.25) is 0 Å². The van der Waals surface area contributed by atoms with Gasteiger partial charge in [0.05, 0.1) is 0 Å². The second kappa shape index (κ2) is 4.27. The van der Waals surface area contributed by atoms with Crippen LogP contribution < -0.4 is 0 Å². The Kier molecular flexibility index (Phi) is 3.30. The van der Waals surface area contributed by atoms with Crippen molar-refractivity contribution in [2.45, 2.75) is 26.2 Å². The molecule has 0 bridgehead atoms. The van der Waals surface area contributed by atoms with Gasteiger partial charge in [0, 0.05) is 6.61 Å². The van der Waals surface area contributed by atoms with Crippen LogP contribution in [0.3, 0.4) is 0 Å². The van der Waals surface area contributed by atoms with E-state index in [1.54, 1.807) is 0 Å². The molecule has 1 N–H and O–H groups in total. The number of aliphatic hydroxyl groups excluding tert-OH is 1. The van der Waals surface area contributed by atoms with Crippen molar-refractivity contribution in [3.05, 3.63) is 35.4 Å². The van der Waals surface area contributed by atoms with Gasteiger partial charge in [0.1, 0.15) is 0 Å². The van der Waals surface area contributed by atoms with E-state index < -0.39 is 0 Å². The molecule has 1 rings (SSSR count). The summed E-state index contributed by atoms with van der Waals surface area (Å²) in [5, 5.41) is 8.77. The normalized spacial score (nSPS) is 12.9. The van der Waals surface area contributed by atoms with Gasteiger partial charge in [-0.25, -0.2) is 0 Å². The van der Waals surface area contributed by atoms with E-state index in [4.69, 9.17) is 5.11 Å². The molecule has 0 aliphatic heterocycles. The van der Waals surface area contributed by atoms with Gasteiger partial charge in [-0.15, -0.1) is 0 Å². The van der Waals surface area contributed by atoms with Gasteiger partial charge >= 0.3 is 0 Å². The van der Waals surface area contributed by atoms with Crippen LogP contribution in [0.25, 0.3) is 0 Å². The van der Waals surface area contributed by atoms with Gasteiger partial charge in [0.2, 0.25) is 0 Å². The summed E-state index contributed by atoms with van der Waals surface area (Å²) in [6.45, 7) is 4.51. The monoisotopic (exact) mass is 164 g/mol. The summed E-state index contributed by atoms with van der Waals surface area (Å²) in [6, 6.07) is 8.46. The Labute approximate surface area is 74.1 Å². The fraction of sp³-hybridized carbons (Fsp3) is 0.455. The summed E-state index contributed by atoms with van der Waals surface area (Å²) in [5.41, 5.74) is 2.61. The molecular weight excluding hydrogens is 148 g/mol. The lowest BCUT2D eigenvalue weighted by Gasteiger charge is -2.10. The summed E-state index contributed by atoms with van der Waals surface area (Å²) < 4.78 is 0. The molecule has 1 aromatic carbocycles. The van der Waals surface area contributed by atoms with Crippen LogP contribution in [0.4, 0.5) is 0 Å². The highest BCUT2D eigenvalue weighted by molar-refractivity contribution is 5.24. The first-order valence-corrected chi connectivity index (χ1v) is 4.41. The molecule has 0 fully saturated rings. The molecule has 0 aliphatic carbocycles. The molecule has 12 heavy (non-hydrogen) atoms. The Morgan fingerprint density at radius 2 is 2.17 bits per heavy atom. The first kappa shape index (κ1) is 9.27. The number of hydrogen-bond acceptors (Lipinski definition) is 1. The maximum Gasteiger partial charge on any atom is 0.0436 e. The van der Waals surface area contributed by atoms with Crippen molar-refractivity contribution in [3.8, 4) is 0 Å². The van der Waals surface area contributed by atoms with E-state index in [-0.39, 0.29) is 6.61 Å². The molecular formula is C11H16O. The second-order valence-corrected chi connectivity index (χ2v) is 3.33. The first-order chi connectivity index (χ1) is 5.74. The first-order valence-electron chi connectivity index (χ1n) is 4.41. The van der Waals surface area contributed by atoms with Crippen LogP contribution in [-0.2, 0) is 0 Å². The predicted molar refractivity (Wildman–Crippen MR) is 51.3 cm³/mol. The van der Waals surface area contributed by atoms with Crippen LogP contribution in [0.1, 0.15) is 30.4 Å². The maximum atomic E-state index is 8.77. The highest BCUT2D eigenvalue weighted by Crippen LogP contribution is 2.18. The van der Waals surface area contributed by atoms with Gasteiger partial charge in [0.15, 0.2) is 0 Å². The van der Waals surface area contributed by atoms with E-state index in [1.165, 1.54) is 11.1 Å². The molecule has 0 aliphatic rings. The van der Waals surface area contributed by atoms with E-state index in [0.29, 0.717) is 5.92 Å². The SMILES string of the molecule is Cc1cccc([C@@H](C)CCO)c1. The van der Waals surface area contributed by atoms with Crippen LogP contribution in [-0.4, -0.2) is 11.7 Å².